The van der Waals surface area contributed by atoms with Crippen molar-refractivity contribution in [3.8, 4) is 0 Å². The Kier molecular flexibility index (Phi) is 8.09. The number of carbonyl (C=O) groups excluding carboxylic acids is 3. The molecule has 1 heterocycles. The molecule has 176 valence electrons. The molecule has 1 fully saturated rings. The molecule has 1 saturated heterocycles. The van der Waals surface area contributed by atoms with E-state index in [-0.39, 0.29) is 18.4 Å². The Morgan fingerprint density at radius 2 is 1.58 bits per heavy atom. The van der Waals surface area contributed by atoms with E-state index in [9.17, 15) is 14.4 Å². The molecule has 3 amide bonds. The summed E-state index contributed by atoms with van der Waals surface area (Å²) in [6.45, 7) is 6.75. The Morgan fingerprint density at radius 3 is 2.12 bits per heavy atom. The van der Waals surface area contributed by atoms with Gasteiger partial charge in [0.1, 0.15) is 18.2 Å². The third kappa shape index (κ3) is 6.12. The first-order valence-electron chi connectivity index (χ1n) is 11.4. The minimum absolute atomic E-state index is 0.132. The van der Waals surface area contributed by atoms with Gasteiger partial charge < -0.3 is 15.4 Å². The minimum atomic E-state index is -1.10. The van der Waals surface area contributed by atoms with Gasteiger partial charge >= 0.3 is 6.09 Å². The van der Waals surface area contributed by atoms with Gasteiger partial charge in [-0.1, -0.05) is 74.5 Å². The normalized spacial score (nSPS) is 18.2. The highest BCUT2D eigenvalue weighted by atomic mass is 16.6. The van der Waals surface area contributed by atoms with Gasteiger partial charge in [-0.15, -0.1) is 0 Å². The van der Waals surface area contributed by atoms with E-state index in [2.05, 4.69) is 10.6 Å². The molecule has 7 heteroatoms. The van der Waals surface area contributed by atoms with Crippen molar-refractivity contribution in [2.24, 2.45) is 5.92 Å². The lowest BCUT2D eigenvalue weighted by Crippen LogP contribution is -2.71. The maximum Gasteiger partial charge on any atom is 0.411 e. The first-order chi connectivity index (χ1) is 15.8. The molecule has 1 aliphatic rings. The van der Waals surface area contributed by atoms with Gasteiger partial charge in [0.2, 0.25) is 11.8 Å². The summed E-state index contributed by atoms with van der Waals surface area (Å²) >= 11 is 0. The van der Waals surface area contributed by atoms with Crippen LogP contribution in [0, 0.1) is 5.92 Å². The monoisotopic (exact) mass is 451 g/mol. The molecule has 33 heavy (non-hydrogen) atoms. The van der Waals surface area contributed by atoms with Crippen LogP contribution in [0.3, 0.4) is 0 Å². The fourth-order valence-electron chi connectivity index (χ4n) is 3.84. The molecule has 0 aliphatic carbocycles. The van der Waals surface area contributed by atoms with Crippen molar-refractivity contribution in [2.45, 2.75) is 51.8 Å². The Morgan fingerprint density at radius 1 is 0.970 bits per heavy atom. The van der Waals surface area contributed by atoms with Crippen molar-refractivity contribution in [1.29, 1.82) is 0 Å². The SMILES string of the molecule is CC(C)CNC(=O)[C@H](C)NC(=O)[C@]1(Cc2ccccc2)CCN1C(=O)OCc1ccccc1. The average molecular weight is 452 g/mol. The molecule has 0 bridgehead atoms. The van der Waals surface area contributed by atoms with E-state index in [4.69, 9.17) is 4.74 Å². The average Bonchev–Trinajstić information content (AvgIpc) is 2.80. The van der Waals surface area contributed by atoms with E-state index in [0.717, 1.165) is 11.1 Å². The van der Waals surface area contributed by atoms with Gasteiger partial charge in [0.15, 0.2) is 0 Å². The van der Waals surface area contributed by atoms with Gasteiger partial charge in [-0.3, -0.25) is 14.5 Å². The van der Waals surface area contributed by atoms with E-state index >= 15 is 0 Å². The van der Waals surface area contributed by atoms with Gasteiger partial charge in [-0.25, -0.2) is 4.79 Å². The van der Waals surface area contributed by atoms with E-state index < -0.39 is 17.7 Å². The van der Waals surface area contributed by atoms with Crippen LogP contribution in [-0.2, 0) is 27.4 Å². The fraction of sp³-hybridized carbons (Fsp3) is 0.423. The fourth-order valence-corrected chi connectivity index (χ4v) is 3.84. The highest BCUT2D eigenvalue weighted by molar-refractivity contribution is 5.95. The van der Waals surface area contributed by atoms with Gasteiger partial charge in [-0.2, -0.15) is 0 Å². The molecule has 2 aromatic rings. The van der Waals surface area contributed by atoms with Crippen LogP contribution >= 0.6 is 0 Å². The lowest BCUT2D eigenvalue weighted by Gasteiger charge is -2.50. The number of carbonyl (C=O) groups is 3. The van der Waals surface area contributed by atoms with Crippen molar-refractivity contribution in [3.63, 3.8) is 0 Å². The Labute approximate surface area is 195 Å². The number of nitrogens with one attached hydrogen (secondary N) is 2. The third-order valence-corrected chi connectivity index (χ3v) is 5.88. The van der Waals surface area contributed by atoms with E-state index in [1.54, 1.807) is 6.92 Å². The molecule has 0 aromatic heterocycles. The maximum absolute atomic E-state index is 13.5. The molecule has 2 aromatic carbocycles. The first kappa shape index (κ1) is 24.3. The first-order valence-corrected chi connectivity index (χ1v) is 11.4. The zero-order valence-corrected chi connectivity index (χ0v) is 19.5. The van der Waals surface area contributed by atoms with Crippen molar-refractivity contribution in [1.82, 2.24) is 15.5 Å². The second kappa shape index (κ2) is 11.0. The molecule has 7 nitrogen and oxygen atoms in total. The summed E-state index contributed by atoms with van der Waals surface area (Å²) in [7, 11) is 0. The van der Waals surface area contributed by atoms with Crippen molar-refractivity contribution < 1.29 is 19.1 Å². The number of rotatable bonds is 9. The summed E-state index contributed by atoms with van der Waals surface area (Å²) in [6.07, 6.45) is 0.308. The second-order valence-corrected chi connectivity index (χ2v) is 8.97. The van der Waals surface area contributed by atoms with Crippen LogP contribution in [-0.4, -0.2) is 47.5 Å². The van der Waals surface area contributed by atoms with Crippen molar-refractivity contribution >= 4 is 17.9 Å². The van der Waals surface area contributed by atoms with Crippen molar-refractivity contribution in [2.75, 3.05) is 13.1 Å². The summed E-state index contributed by atoms with van der Waals surface area (Å²) in [5.41, 5.74) is 0.715. The standard InChI is InChI=1S/C26H33N3O4/c1-19(2)17-27-23(30)20(3)28-24(31)26(16-21-10-6-4-7-11-21)14-15-29(26)25(32)33-18-22-12-8-5-9-13-22/h4-13,19-20H,14-18H2,1-3H3,(H,27,30)(H,28,31)/t20-,26+/m0/s1. The highest BCUT2D eigenvalue weighted by Gasteiger charge is 2.54. The Bertz CT molecular complexity index is 949. The molecule has 0 spiro atoms. The Hall–Kier alpha value is -3.35. The number of benzene rings is 2. The summed E-state index contributed by atoms with van der Waals surface area (Å²) in [5, 5.41) is 5.66. The second-order valence-electron chi connectivity index (χ2n) is 8.97. The van der Waals surface area contributed by atoms with E-state index in [0.29, 0.717) is 31.8 Å². The number of nitrogens with zero attached hydrogens (tertiary/aromatic N) is 1. The van der Waals surface area contributed by atoms with Crippen LogP contribution in [0.1, 0.15) is 38.3 Å². The summed E-state index contributed by atoms with van der Waals surface area (Å²) < 4.78 is 5.52. The quantitative estimate of drug-likeness (QED) is 0.613. The zero-order valence-electron chi connectivity index (χ0n) is 19.5. The van der Waals surface area contributed by atoms with Crippen LogP contribution in [0.4, 0.5) is 4.79 Å². The van der Waals surface area contributed by atoms with E-state index in [1.807, 2.05) is 74.5 Å². The van der Waals surface area contributed by atoms with Crippen LogP contribution in [0.5, 0.6) is 0 Å². The topological polar surface area (TPSA) is 87.7 Å². The van der Waals surface area contributed by atoms with Gasteiger partial charge in [0, 0.05) is 19.5 Å². The molecule has 0 radical (unpaired) electrons. The molecular weight excluding hydrogens is 418 g/mol. The van der Waals surface area contributed by atoms with E-state index in [1.165, 1.54) is 4.90 Å². The van der Waals surface area contributed by atoms with Gasteiger partial charge in [-0.05, 0) is 30.4 Å². The molecule has 1 aliphatic heterocycles. The molecular formula is C26H33N3O4. The number of hydrogen-bond acceptors (Lipinski definition) is 4. The van der Waals surface area contributed by atoms with Crippen LogP contribution in [0.2, 0.25) is 0 Å². The smallest absolute Gasteiger partial charge is 0.411 e. The predicted octanol–water partition coefficient (Wildman–Crippen LogP) is 3.29. The van der Waals surface area contributed by atoms with Crippen LogP contribution in [0.15, 0.2) is 60.7 Å². The lowest BCUT2D eigenvalue weighted by molar-refractivity contribution is -0.143. The number of likely N-dealkylation sites (tertiary alicyclic amines) is 1. The summed E-state index contributed by atoms with van der Waals surface area (Å²) in [5.74, 6) is -0.284. The Balaban J connectivity index is 1.73. The molecule has 0 saturated carbocycles. The van der Waals surface area contributed by atoms with Gasteiger partial charge in [0.05, 0.1) is 0 Å². The largest absolute Gasteiger partial charge is 0.445 e. The number of hydrogen-bond donors (Lipinski definition) is 2. The molecule has 0 unspecified atom stereocenters. The van der Waals surface area contributed by atoms with Crippen LogP contribution < -0.4 is 10.6 Å². The summed E-state index contributed by atoms with van der Waals surface area (Å²) in [4.78, 5) is 40.3. The highest BCUT2D eigenvalue weighted by Crippen LogP contribution is 2.35. The minimum Gasteiger partial charge on any atom is -0.445 e. The molecule has 2 N–H and O–H groups in total. The molecule has 2 atom stereocenters. The third-order valence-electron chi connectivity index (χ3n) is 5.88. The maximum atomic E-state index is 13.5. The lowest BCUT2D eigenvalue weighted by atomic mass is 9.78. The zero-order chi connectivity index (χ0) is 23.8. The predicted molar refractivity (Wildman–Crippen MR) is 126 cm³/mol. The van der Waals surface area contributed by atoms with Crippen molar-refractivity contribution in [3.05, 3.63) is 71.8 Å². The number of amides is 3. The molecule has 3 rings (SSSR count). The number of ether oxygens (including phenoxy) is 1. The summed E-state index contributed by atoms with van der Waals surface area (Å²) in [6, 6.07) is 18.3. The van der Waals surface area contributed by atoms with Gasteiger partial charge in [0.25, 0.3) is 0 Å². The van der Waals surface area contributed by atoms with Crippen LogP contribution in [0.25, 0.3) is 0 Å².